The van der Waals surface area contributed by atoms with Gasteiger partial charge in [-0.1, -0.05) is 44.9 Å². The fourth-order valence-electron chi connectivity index (χ4n) is 2.16. The summed E-state index contributed by atoms with van der Waals surface area (Å²) in [6.45, 7) is 13.0. The van der Waals surface area contributed by atoms with E-state index in [9.17, 15) is 0 Å². The predicted octanol–water partition coefficient (Wildman–Crippen LogP) is 4.97. The van der Waals surface area contributed by atoms with E-state index in [2.05, 4.69) is 68.9 Å². The van der Waals surface area contributed by atoms with E-state index in [1.165, 1.54) is 37.1 Å². The van der Waals surface area contributed by atoms with E-state index in [1.54, 1.807) is 0 Å². The van der Waals surface area contributed by atoms with Gasteiger partial charge in [-0.3, -0.25) is 0 Å². The van der Waals surface area contributed by atoms with Crippen molar-refractivity contribution in [2.24, 2.45) is 0 Å². The monoisotopic (exact) mass is 292 g/mol. The standard InChI is InChI=1S/C17H30N2.C2H6/c1-6-7-13-18(4)16(3)12-14-19(5)17-10-8-15(2)9-11-17;1-2/h8-11,16H,6-7,12-14H2,1-5H3;1-2H3. The Morgan fingerprint density at radius 3 is 2.10 bits per heavy atom. The van der Waals surface area contributed by atoms with Crippen LogP contribution in [0.5, 0.6) is 0 Å². The minimum atomic E-state index is 0.652. The van der Waals surface area contributed by atoms with E-state index in [-0.39, 0.29) is 0 Å². The zero-order valence-corrected chi connectivity index (χ0v) is 15.3. The number of benzene rings is 1. The Morgan fingerprint density at radius 1 is 1.00 bits per heavy atom. The summed E-state index contributed by atoms with van der Waals surface area (Å²) in [7, 11) is 4.43. The minimum absolute atomic E-state index is 0.652. The largest absolute Gasteiger partial charge is 0.375 e. The van der Waals surface area contributed by atoms with Crippen LogP contribution in [-0.2, 0) is 0 Å². The van der Waals surface area contributed by atoms with Crippen LogP contribution in [-0.4, -0.2) is 38.1 Å². The van der Waals surface area contributed by atoms with Gasteiger partial charge in [-0.2, -0.15) is 0 Å². The van der Waals surface area contributed by atoms with Crippen LogP contribution in [0.15, 0.2) is 24.3 Å². The van der Waals surface area contributed by atoms with E-state index >= 15 is 0 Å². The summed E-state index contributed by atoms with van der Waals surface area (Å²) in [5.41, 5.74) is 2.64. The van der Waals surface area contributed by atoms with Gasteiger partial charge < -0.3 is 9.80 Å². The van der Waals surface area contributed by atoms with Crippen LogP contribution >= 0.6 is 0 Å². The number of rotatable bonds is 8. The van der Waals surface area contributed by atoms with Crippen LogP contribution in [0.4, 0.5) is 5.69 Å². The molecule has 0 bridgehead atoms. The highest BCUT2D eigenvalue weighted by molar-refractivity contribution is 5.46. The Bertz CT molecular complexity index is 345. The van der Waals surface area contributed by atoms with Gasteiger partial charge in [0.15, 0.2) is 0 Å². The summed E-state index contributed by atoms with van der Waals surface area (Å²) >= 11 is 0. The lowest BCUT2D eigenvalue weighted by molar-refractivity contribution is 0.244. The zero-order chi connectivity index (χ0) is 16.3. The highest BCUT2D eigenvalue weighted by atomic mass is 15.1. The van der Waals surface area contributed by atoms with Crippen molar-refractivity contribution in [3.63, 3.8) is 0 Å². The quantitative estimate of drug-likeness (QED) is 0.667. The molecule has 0 aliphatic rings. The number of hydrogen-bond acceptors (Lipinski definition) is 2. The first-order valence-electron chi connectivity index (χ1n) is 8.52. The Morgan fingerprint density at radius 2 is 1.57 bits per heavy atom. The van der Waals surface area contributed by atoms with Crippen molar-refractivity contribution in [3.8, 4) is 0 Å². The van der Waals surface area contributed by atoms with Gasteiger partial charge in [0.1, 0.15) is 0 Å². The Labute approximate surface area is 133 Å². The van der Waals surface area contributed by atoms with E-state index < -0.39 is 0 Å². The Balaban J connectivity index is 0.00000191. The maximum Gasteiger partial charge on any atom is 0.0363 e. The van der Waals surface area contributed by atoms with E-state index in [1.807, 2.05) is 13.8 Å². The normalized spacial score (nSPS) is 11.8. The molecule has 122 valence electrons. The summed E-state index contributed by atoms with van der Waals surface area (Å²) in [5, 5.41) is 0. The number of anilines is 1. The molecule has 1 aromatic rings. The van der Waals surface area contributed by atoms with Gasteiger partial charge in [0, 0.05) is 25.3 Å². The Kier molecular flexibility index (Phi) is 11.1. The molecule has 1 rings (SSSR count). The molecule has 0 radical (unpaired) electrons. The molecular formula is C19H36N2. The van der Waals surface area contributed by atoms with Crippen molar-refractivity contribution in [3.05, 3.63) is 29.8 Å². The summed E-state index contributed by atoms with van der Waals surface area (Å²) in [6.07, 6.45) is 3.79. The van der Waals surface area contributed by atoms with Crippen molar-refractivity contribution in [2.75, 3.05) is 32.1 Å². The van der Waals surface area contributed by atoms with Crippen molar-refractivity contribution < 1.29 is 0 Å². The fraction of sp³-hybridized carbons (Fsp3) is 0.684. The van der Waals surface area contributed by atoms with E-state index in [0.29, 0.717) is 6.04 Å². The number of aryl methyl sites for hydroxylation is 1. The molecule has 0 heterocycles. The van der Waals surface area contributed by atoms with Crippen molar-refractivity contribution in [1.82, 2.24) is 4.90 Å². The fourth-order valence-corrected chi connectivity index (χ4v) is 2.16. The van der Waals surface area contributed by atoms with Gasteiger partial charge in [-0.05, 0) is 52.4 Å². The number of unbranched alkanes of at least 4 members (excludes halogenated alkanes) is 1. The summed E-state index contributed by atoms with van der Waals surface area (Å²) in [6, 6.07) is 9.44. The topological polar surface area (TPSA) is 6.48 Å². The third kappa shape index (κ3) is 8.11. The molecule has 0 fully saturated rings. The van der Waals surface area contributed by atoms with Crippen molar-refractivity contribution in [1.29, 1.82) is 0 Å². The summed E-state index contributed by atoms with van der Waals surface area (Å²) in [4.78, 5) is 4.83. The average Bonchev–Trinajstić information content (AvgIpc) is 2.52. The number of nitrogens with zero attached hydrogens (tertiary/aromatic N) is 2. The molecule has 0 aliphatic carbocycles. The molecule has 2 heteroatoms. The lowest BCUT2D eigenvalue weighted by Gasteiger charge is -2.27. The molecule has 0 spiro atoms. The molecule has 0 aromatic heterocycles. The number of hydrogen-bond donors (Lipinski definition) is 0. The van der Waals surface area contributed by atoms with Gasteiger partial charge >= 0.3 is 0 Å². The second-order valence-corrected chi connectivity index (χ2v) is 5.73. The van der Waals surface area contributed by atoms with Gasteiger partial charge in [-0.15, -0.1) is 0 Å². The van der Waals surface area contributed by atoms with E-state index in [0.717, 1.165) is 6.54 Å². The molecule has 0 saturated heterocycles. The van der Waals surface area contributed by atoms with Gasteiger partial charge in [0.25, 0.3) is 0 Å². The lowest BCUT2D eigenvalue weighted by Crippen LogP contribution is -2.33. The van der Waals surface area contributed by atoms with Crippen LogP contribution in [0.25, 0.3) is 0 Å². The van der Waals surface area contributed by atoms with E-state index in [4.69, 9.17) is 0 Å². The lowest BCUT2D eigenvalue weighted by atomic mass is 10.1. The van der Waals surface area contributed by atoms with Gasteiger partial charge in [0.2, 0.25) is 0 Å². The van der Waals surface area contributed by atoms with Gasteiger partial charge in [-0.25, -0.2) is 0 Å². The zero-order valence-electron chi connectivity index (χ0n) is 15.3. The SMILES string of the molecule is CC.CCCCN(C)C(C)CCN(C)c1ccc(C)cc1. The summed E-state index contributed by atoms with van der Waals surface area (Å²) in [5.74, 6) is 0. The van der Waals surface area contributed by atoms with Crippen LogP contribution in [0.3, 0.4) is 0 Å². The molecule has 21 heavy (non-hydrogen) atoms. The maximum atomic E-state index is 2.48. The third-order valence-electron chi connectivity index (χ3n) is 3.97. The smallest absolute Gasteiger partial charge is 0.0363 e. The van der Waals surface area contributed by atoms with Gasteiger partial charge in [0.05, 0.1) is 0 Å². The molecular weight excluding hydrogens is 256 g/mol. The highest BCUT2D eigenvalue weighted by Crippen LogP contribution is 2.14. The molecule has 0 saturated carbocycles. The third-order valence-corrected chi connectivity index (χ3v) is 3.97. The average molecular weight is 293 g/mol. The molecule has 1 atom stereocenters. The second kappa shape index (κ2) is 11.6. The first kappa shape index (κ1) is 20.0. The highest BCUT2D eigenvalue weighted by Gasteiger charge is 2.09. The Hall–Kier alpha value is -1.02. The molecule has 0 amide bonds. The molecule has 0 aliphatic heterocycles. The van der Waals surface area contributed by atoms with Crippen LogP contribution in [0, 0.1) is 6.92 Å². The second-order valence-electron chi connectivity index (χ2n) is 5.73. The molecule has 2 nitrogen and oxygen atoms in total. The van der Waals surface area contributed by atoms with Crippen molar-refractivity contribution >= 4 is 5.69 Å². The van der Waals surface area contributed by atoms with Crippen LogP contribution in [0.1, 0.15) is 52.5 Å². The molecule has 1 aromatic carbocycles. The van der Waals surface area contributed by atoms with Crippen molar-refractivity contribution in [2.45, 2.75) is 59.9 Å². The predicted molar refractivity (Wildman–Crippen MR) is 97.4 cm³/mol. The van der Waals surface area contributed by atoms with Crippen LogP contribution < -0.4 is 4.90 Å². The summed E-state index contributed by atoms with van der Waals surface area (Å²) < 4.78 is 0. The first-order valence-corrected chi connectivity index (χ1v) is 8.52. The maximum absolute atomic E-state index is 2.48. The van der Waals surface area contributed by atoms with Crippen LogP contribution in [0.2, 0.25) is 0 Å². The first-order chi connectivity index (χ1) is 10.0. The molecule has 0 N–H and O–H groups in total. The molecule has 1 unspecified atom stereocenters. The minimum Gasteiger partial charge on any atom is -0.375 e.